The van der Waals surface area contributed by atoms with Crippen LogP contribution in [-0.2, 0) is 11.1 Å². The van der Waals surface area contributed by atoms with Crippen LogP contribution in [-0.4, -0.2) is 20.2 Å². The standard InChI is InChI=1S/C4H5F5O2S/c1-2(3(5,6)7)4(8,9)12(10)11/h2H,1H3,(H,10,11)/p-1. The van der Waals surface area contributed by atoms with Crippen LogP contribution in [0, 0.1) is 5.92 Å². The Hall–Kier alpha value is -0.240. The Balaban J connectivity index is 4.69. The van der Waals surface area contributed by atoms with Gasteiger partial charge in [0.05, 0.1) is 0 Å². The molecule has 0 aromatic carbocycles. The lowest BCUT2D eigenvalue weighted by atomic mass is 10.2. The van der Waals surface area contributed by atoms with Crippen LogP contribution in [0.15, 0.2) is 0 Å². The van der Waals surface area contributed by atoms with E-state index in [1.807, 2.05) is 0 Å². The Morgan fingerprint density at radius 2 is 1.58 bits per heavy atom. The summed E-state index contributed by atoms with van der Waals surface area (Å²) in [5.74, 6) is -3.19. The van der Waals surface area contributed by atoms with Gasteiger partial charge in [0.1, 0.15) is 5.92 Å². The molecule has 0 fully saturated rings. The molecule has 0 aliphatic rings. The average molecular weight is 211 g/mol. The van der Waals surface area contributed by atoms with Gasteiger partial charge in [0.2, 0.25) is 0 Å². The zero-order valence-corrected chi connectivity index (χ0v) is 6.51. The van der Waals surface area contributed by atoms with Gasteiger partial charge in [-0.2, -0.15) is 22.0 Å². The van der Waals surface area contributed by atoms with Gasteiger partial charge in [-0.3, -0.25) is 4.21 Å². The van der Waals surface area contributed by atoms with Crippen molar-refractivity contribution in [2.45, 2.75) is 18.4 Å². The Labute approximate surface area is 67.0 Å². The van der Waals surface area contributed by atoms with Crippen molar-refractivity contribution in [3.8, 4) is 0 Å². The van der Waals surface area contributed by atoms with E-state index in [0.29, 0.717) is 0 Å². The monoisotopic (exact) mass is 211 g/mol. The van der Waals surface area contributed by atoms with Crippen LogP contribution in [0.25, 0.3) is 0 Å². The van der Waals surface area contributed by atoms with Gasteiger partial charge in [-0.05, 0) is 6.92 Å². The molecule has 0 saturated carbocycles. The molecular formula is C4H4F5O2S-. The van der Waals surface area contributed by atoms with Crippen LogP contribution in [0.3, 0.4) is 0 Å². The second-order valence-electron chi connectivity index (χ2n) is 2.06. The topological polar surface area (TPSA) is 40.1 Å². The zero-order chi connectivity index (χ0) is 10.2. The van der Waals surface area contributed by atoms with Crippen molar-refractivity contribution in [2.24, 2.45) is 5.92 Å². The molecular weight excluding hydrogens is 207 g/mol. The molecule has 0 rings (SSSR count). The van der Waals surface area contributed by atoms with Crippen molar-refractivity contribution in [2.75, 3.05) is 0 Å². The third-order valence-corrected chi connectivity index (χ3v) is 2.02. The largest absolute Gasteiger partial charge is 0.768 e. The molecule has 0 aromatic heterocycles. The number of hydrogen-bond acceptors (Lipinski definition) is 2. The van der Waals surface area contributed by atoms with Gasteiger partial charge in [-0.1, -0.05) is 0 Å². The third kappa shape index (κ3) is 2.37. The zero-order valence-electron chi connectivity index (χ0n) is 5.69. The highest BCUT2D eigenvalue weighted by molar-refractivity contribution is 7.80. The van der Waals surface area contributed by atoms with Gasteiger partial charge in [0, 0.05) is 11.1 Å². The fourth-order valence-corrected chi connectivity index (χ4v) is 0.757. The minimum absolute atomic E-state index is 0.107. The van der Waals surface area contributed by atoms with Crippen molar-refractivity contribution in [1.29, 1.82) is 0 Å². The molecule has 0 N–H and O–H groups in total. The second-order valence-corrected chi connectivity index (χ2v) is 3.07. The minimum Gasteiger partial charge on any atom is -0.768 e. The molecule has 0 heterocycles. The molecule has 0 aliphatic carbocycles. The van der Waals surface area contributed by atoms with Gasteiger partial charge in [0.15, 0.2) is 0 Å². The predicted octanol–water partition coefficient (Wildman–Crippen LogP) is 1.66. The molecule has 0 aliphatic heterocycles. The van der Waals surface area contributed by atoms with Gasteiger partial charge < -0.3 is 4.55 Å². The first kappa shape index (κ1) is 11.8. The molecule has 0 spiro atoms. The first-order valence-corrected chi connectivity index (χ1v) is 3.71. The van der Waals surface area contributed by atoms with Gasteiger partial charge >= 0.3 is 11.4 Å². The van der Waals surface area contributed by atoms with E-state index in [-0.39, 0.29) is 6.92 Å². The van der Waals surface area contributed by atoms with Crippen LogP contribution >= 0.6 is 0 Å². The summed E-state index contributed by atoms with van der Waals surface area (Å²) in [6, 6.07) is 0. The SMILES string of the molecule is CC(C(F)(F)F)C(F)(F)S(=O)[O-]. The molecule has 2 unspecified atom stereocenters. The summed E-state index contributed by atoms with van der Waals surface area (Å²) >= 11 is -4.06. The summed E-state index contributed by atoms with van der Waals surface area (Å²) in [4.78, 5) is 0. The number of rotatable bonds is 2. The first-order valence-electron chi connectivity index (χ1n) is 2.64. The lowest BCUT2D eigenvalue weighted by Gasteiger charge is -2.26. The molecule has 74 valence electrons. The van der Waals surface area contributed by atoms with E-state index in [0.717, 1.165) is 0 Å². The van der Waals surface area contributed by atoms with Crippen LogP contribution in [0.4, 0.5) is 22.0 Å². The summed E-state index contributed by atoms with van der Waals surface area (Å²) in [5, 5.41) is -4.77. The number of hydrogen-bond donors (Lipinski definition) is 0. The van der Waals surface area contributed by atoms with Gasteiger partial charge in [-0.25, -0.2) is 0 Å². The maximum Gasteiger partial charge on any atom is 0.398 e. The highest BCUT2D eigenvalue weighted by Gasteiger charge is 2.53. The first-order chi connectivity index (χ1) is 5.10. The Morgan fingerprint density at radius 1 is 1.25 bits per heavy atom. The Morgan fingerprint density at radius 3 is 1.67 bits per heavy atom. The fourth-order valence-electron chi connectivity index (χ4n) is 0.335. The highest BCUT2D eigenvalue weighted by atomic mass is 32.2. The highest BCUT2D eigenvalue weighted by Crippen LogP contribution is 2.39. The Kier molecular flexibility index (Phi) is 3.18. The van der Waals surface area contributed by atoms with Gasteiger partial charge in [0.25, 0.3) is 0 Å². The van der Waals surface area contributed by atoms with E-state index in [2.05, 4.69) is 0 Å². The molecule has 2 nitrogen and oxygen atoms in total. The van der Waals surface area contributed by atoms with E-state index in [9.17, 15) is 30.7 Å². The predicted molar refractivity (Wildman–Crippen MR) is 29.1 cm³/mol. The summed E-state index contributed by atoms with van der Waals surface area (Å²) < 4.78 is 78.2. The summed E-state index contributed by atoms with van der Waals surface area (Å²) in [6.45, 7) is 0.107. The van der Waals surface area contributed by atoms with Crippen LogP contribution < -0.4 is 0 Å². The molecule has 0 radical (unpaired) electrons. The lowest BCUT2D eigenvalue weighted by Crippen LogP contribution is -2.40. The second kappa shape index (κ2) is 3.25. The fraction of sp³-hybridized carbons (Fsp3) is 1.00. The minimum atomic E-state index is -5.22. The molecule has 0 aromatic rings. The van der Waals surface area contributed by atoms with Gasteiger partial charge in [-0.15, -0.1) is 0 Å². The quantitative estimate of drug-likeness (QED) is 0.514. The molecule has 0 amide bonds. The summed E-state index contributed by atoms with van der Waals surface area (Å²) in [7, 11) is 0. The van der Waals surface area contributed by atoms with E-state index < -0.39 is 28.4 Å². The average Bonchev–Trinajstić information content (AvgIpc) is 1.83. The van der Waals surface area contributed by atoms with Crippen LogP contribution in [0.5, 0.6) is 0 Å². The summed E-state index contributed by atoms with van der Waals surface area (Å²) in [5.41, 5.74) is 0. The van der Waals surface area contributed by atoms with Crippen LogP contribution in [0.2, 0.25) is 0 Å². The maximum absolute atomic E-state index is 12.1. The number of halogens is 5. The lowest BCUT2D eigenvalue weighted by molar-refractivity contribution is -0.211. The van der Waals surface area contributed by atoms with E-state index >= 15 is 0 Å². The van der Waals surface area contributed by atoms with Crippen molar-refractivity contribution < 1.29 is 30.7 Å². The van der Waals surface area contributed by atoms with E-state index in [4.69, 9.17) is 0 Å². The van der Waals surface area contributed by atoms with E-state index in [1.54, 1.807) is 0 Å². The summed E-state index contributed by atoms with van der Waals surface area (Å²) in [6.07, 6.45) is -5.22. The molecule has 2 atom stereocenters. The molecule has 0 bridgehead atoms. The van der Waals surface area contributed by atoms with Crippen molar-refractivity contribution in [1.82, 2.24) is 0 Å². The molecule has 0 saturated heterocycles. The normalized spacial score (nSPS) is 18.9. The van der Waals surface area contributed by atoms with Crippen molar-refractivity contribution in [3.63, 3.8) is 0 Å². The van der Waals surface area contributed by atoms with Crippen LogP contribution in [0.1, 0.15) is 6.92 Å². The Bertz CT molecular complexity index is 188. The third-order valence-electron chi connectivity index (χ3n) is 1.22. The van der Waals surface area contributed by atoms with Crippen molar-refractivity contribution in [3.05, 3.63) is 0 Å². The van der Waals surface area contributed by atoms with Crippen molar-refractivity contribution >= 4 is 11.1 Å². The number of alkyl halides is 5. The maximum atomic E-state index is 12.1. The molecule has 8 heteroatoms. The molecule has 12 heavy (non-hydrogen) atoms. The van der Waals surface area contributed by atoms with E-state index in [1.165, 1.54) is 0 Å². The smallest absolute Gasteiger partial charge is 0.398 e.